The Kier molecular flexibility index (Phi) is 5.65. The monoisotopic (exact) mass is 388 g/mol. The van der Waals surface area contributed by atoms with Crippen LogP contribution < -0.4 is 5.73 Å². The first-order valence-electron chi connectivity index (χ1n) is 8.35. The van der Waals surface area contributed by atoms with Crippen LogP contribution in [-0.4, -0.2) is 25.7 Å². The van der Waals surface area contributed by atoms with Gasteiger partial charge in [0.15, 0.2) is 11.6 Å². The Morgan fingerprint density at radius 1 is 1.33 bits per heavy atom. The van der Waals surface area contributed by atoms with Crippen LogP contribution in [-0.2, 0) is 6.61 Å². The number of pyridine rings is 1. The summed E-state index contributed by atoms with van der Waals surface area (Å²) < 4.78 is 16.3. The van der Waals surface area contributed by atoms with Crippen molar-refractivity contribution in [3.05, 3.63) is 75.9 Å². The normalized spacial score (nSPS) is 12.2. The molecule has 0 saturated carbocycles. The zero-order valence-corrected chi connectivity index (χ0v) is 15.3. The van der Waals surface area contributed by atoms with Gasteiger partial charge < -0.3 is 10.8 Å². The summed E-state index contributed by atoms with van der Waals surface area (Å²) in [5, 5.41) is 13.2. The molecular weight excluding hydrogens is 371 g/mol. The largest absolute Gasteiger partial charge is 0.392 e. The lowest BCUT2D eigenvalue weighted by Gasteiger charge is -2.14. The molecule has 0 aliphatic rings. The minimum Gasteiger partial charge on any atom is -0.392 e. The summed E-state index contributed by atoms with van der Waals surface area (Å²) >= 11 is 6.08. The molecule has 1 atom stereocenters. The third kappa shape index (κ3) is 3.75. The van der Waals surface area contributed by atoms with Gasteiger partial charge in [0.05, 0.1) is 23.4 Å². The summed E-state index contributed by atoms with van der Waals surface area (Å²) in [4.78, 5) is 17.0. The summed E-state index contributed by atoms with van der Waals surface area (Å²) in [5.74, 6) is -0.816. The molecular formula is C19H18ClFN4O2. The average molecular weight is 389 g/mol. The molecule has 0 amide bonds. The molecule has 8 heteroatoms. The van der Waals surface area contributed by atoms with Crippen molar-refractivity contribution in [3.8, 4) is 5.82 Å². The van der Waals surface area contributed by atoms with Crippen LogP contribution >= 0.6 is 11.6 Å². The fourth-order valence-electron chi connectivity index (χ4n) is 2.65. The van der Waals surface area contributed by atoms with Crippen molar-refractivity contribution in [3.63, 3.8) is 0 Å². The smallest absolute Gasteiger partial charge is 0.199 e. The molecule has 0 aliphatic carbocycles. The maximum Gasteiger partial charge on any atom is 0.199 e. The predicted molar refractivity (Wildman–Crippen MR) is 99.3 cm³/mol. The summed E-state index contributed by atoms with van der Waals surface area (Å²) in [6.45, 7) is 1.70. The molecule has 0 spiro atoms. The van der Waals surface area contributed by atoms with E-state index >= 15 is 0 Å². The third-order valence-electron chi connectivity index (χ3n) is 4.25. The van der Waals surface area contributed by atoms with Crippen molar-refractivity contribution in [2.75, 3.05) is 0 Å². The molecule has 140 valence electrons. The molecule has 3 rings (SSSR count). The third-order valence-corrected chi connectivity index (χ3v) is 4.57. The number of hydrogen-bond acceptors (Lipinski definition) is 5. The number of nitrogens with zero attached hydrogens (tertiary/aromatic N) is 3. The topological polar surface area (TPSA) is 94.0 Å². The molecule has 6 nitrogen and oxygen atoms in total. The van der Waals surface area contributed by atoms with Crippen LogP contribution in [0.25, 0.3) is 5.82 Å². The van der Waals surface area contributed by atoms with E-state index in [0.717, 1.165) is 0 Å². The highest BCUT2D eigenvalue weighted by Gasteiger charge is 2.23. The Balaban J connectivity index is 1.94. The van der Waals surface area contributed by atoms with Gasteiger partial charge in [0.25, 0.3) is 0 Å². The Labute approximate surface area is 160 Å². The van der Waals surface area contributed by atoms with Crippen molar-refractivity contribution in [1.82, 2.24) is 14.8 Å². The predicted octanol–water partition coefficient (Wildman–Crippen LogP) is 3.19. The Hall–Kier alpha value is -2.61. The number of aliphatic hydroxyl groups excluding tert-OH is 1. The van der Waals surface area contributed by atoms with Crippen LogP contribution in [0.2, 0.25) is 5.02 Å². The molecule has 3 N–H and O–H groups in total. The molecule has 0 radical (unpaired) electrons. The van der Waals surface area contributed by atoms with Crippen LogP contribution in [0.1, 0.15) is 46.4 Å². The van der Waals surface area contributed by atoms with Crippen LogP contribution in [0.15, 0.2) is 42.9 Å². The SMILES string of the molecule is CC[C@@H](N)c1ccc(Cl)c(C(=O)c2ccc(-n3cc(CO)cn3)nc2)c1F. The van der Waals surface area contributed by atoms with E-state index in [1.54, 1.807) is 12.3 Å². The highest BCUT2D eigenvalue weighted by Crippen LogP contribution is 2.28. The molecule has 2 heterocycles. The van der Waals surface area contributed by atoms with E-state index in [1.807, 2.05) is 6.92 Å². The van der Waals surface area contributed by atoms with E-state index in [2.05, 4.69) is 10.1 Å². The number of ketones is 1. The van der Waals surface area contributed by atoms with Crippen LogP contribution in [0.3, 0.4) is 0 Å². The molecule has 1 aromatic carbocycles. The van der Waals surface area contributed by atoms with Gasteiger partial charge in [-0.2, -0.15) is 5.10 Å². The number of halogens is 2. The second kappa shape index (κ2) is 7.96. The Morgan fingerprint density at radius 2 is 2.11 bits per heavy atom. The maximum absolute atomic E-state index is 14.8. The van der Waals surface area contributed by atoms with E-state index in [4.69, 9.17) is 22.4 Å². The molecule has 0 aliphatic heterocycles. The Morgan fingerprint density at radius 3 is 2.70 bits per heavy atom. The minimum atomic E-state index is -0.703. The Bertz CT molecular complexity index is 972. The van der Waals surface area contributed by atoms with E-state index in [1.165, 1.54) is 35.3 Å². The van der Waals surface area contributed by atoms with Crippen molar-refractivity contribution in [2.24, 2.45) is 5.73 Å². The first kappa shape index (κ1) is 19.2. The van der Waals surface area contributed by atoms with E-state index in [0.29, 0.717) is 17.8 Å². The van der Waals surface area contributed by atoms with Crippen molar-refractivity contribution in [2.45, 2.75) is 26.0 Å². The van der Waals surface area contributed by atoms with Crippen molar-refractivity contribution < 1.29 is 14.3 Å². The zero-order valence-electron chi connectivity index (χ0n) is 14.6. The maximum atomic E-state index is 14.8. The summed E-state index contributed by atoms with van der Waals surface area (Å²) in [6, 6.07) is 5.56. The number of aliphatic hydroxyl groups is 1. The van der Waals surface area contributed by atoms with Gasteiger partial charge in [-0.1, -0.05) is 24.6 Å². The van der Waals surface area contributed by atoms with Gasteiger partial charge in [-0.3, -0.25) is 4.79 Å². The number of nitrogens with two attached hydrogens (primary N) is 1. The van der Waals surface area contributed by atoms with Gasteiger partial charge in [0, 0.05) is 35.1 Å². The van der Waals surface area contributed by atoms with Crippen molar-refractivity contribution >= 4 is 17.4 Å². The quantitative estimate of drug-likeness (QED) is 0.632. The summed E-state index contributed by atoms with van der Waals surface area (Å²) in [7, 11) is 0. The molecule has 27 heavy (non-hydrogen) atoms. The molecule has 2 aromatic heterocycles. The standard InChI is InChI=1S/C19H18ClFN4O2/c1-2-15(22)13-4-5-14(20)17(18(13)21)19(27)12-3-6-16(23-8-12)25-9-11(10-26)7-24-25/h3-9,15,26H,2,10,22H2,1H3/t15-/m1/s1. The van der Waals surface area contributed by atoms with Crippen LogP contribution in [0.4, 0.5) is 4.39 Å². The first-order valence-corrected chi connectivity index (χ1v) is 8.73. The van der Waals surface area contributed by atoms with Gasteiger partial charge >= 0.3 is 0 Å². The lowest BCUT2D eigenvalue weighted by atomic mass is 9.97. The minimum absolute atomic E-state index is 0.0216. The van der Waals surface area contributed by atoms with Crippen LogP contribution in [0.5, 0.6) is 0 Å². The summed E-state index contributed by atoms with van der Waals surface area (Å²) in [5.41, 5.74) is 6.78. The molecule has 0 unspecified atom stereocenters. The van der Waals surface area contributed by atoms with E-state index in [-0.39, 0.29) is 28.3 Å². The fraction of sp³-hybridized carbons (Fsp3) is 0.211. The molecule has 0 fully saturated rings. The highest BCUT2D eigenvalue weighted by atomic mass is 35.5. The zero-order chi connectivity index (χ0) is 19.6. The van der Waals surface area contributed by atoms with E-state index in [9.17, 15) is 9.18 Å². The second-order valence-electron chi connectivity index (χ2n) is 6.03. The number of rotatable bonds is 6. The van der Waals surface area contributed by atoms with Crippen molar-refractivity contribution in [1.29, 1.82) is 0 Å². The molecule has 3 aromatic rings. The highest BCUT2D eigenvalue weighted by molar-refractivity contribution is 6.35. The number of hydrogen-bond donors (Lipinski definition) is 2. The number of carbonyl (C=O) groups excluding carboxylic acids is 1. The summed E-state index contributed by atoms with van der Waals surface area (Å²) in [6.07, 6.45) is 5.00. The number of aromatic nitrogens is 3. The van der Waals surface area contributed by atoms with Gasteiger partial charge in [0.1, 0.15) is 5.82 Å². The number of benzene rings is 1. The van der Waals surface area contributed by atoms with Crippen LogP contribution in [0, 0.1) is 5.82 Å². The number of carbonyl (C=O) groups is 1. The lowest BCUT2D eigenvalue weighted by molar-refractivity contribution is 0.103. The second-order valence-corrected chi connectivity index (χ2v) is 6.43. The van der Waals surface area contributed by atoms with Gasteiger partial charge in [0.2, 0.25) is 0 Å². The van der Waals surface area contributed by atoms with Gasteiger partial charge in [-0.25, -0.2) is 14.1 Å². The molecule has 0 bridgehead atoms. The van der Waals surface area contributed by atoms with Gasteiger partial charge in [-0.05, 0) is 24.6 Å². The van der Waals surface area contributed by atoms with Gasteiger partial charge in [-0.15, -0.1) is 0 Å². The molecule has 0 saturated heterocycles. The fourth-order valence-corrected chi connectivity index (χ4v) is 2.88. The first-order chi connectivity index (χ1) is 13.0. The average Bonchev–Trinajstić information content (AvgIpc) is 3.17. The van der Waals surface area contributed by atoms with E-state index < -0.39 is 17.6 Å². The lowest BCUT2D eigenvalue weighted by Crippen LogP contribution is -2.15.